The zero-order chi connectivity index (χ0) is 25.1. The van der Waals surface area contributed by atoms with Crippen molar-refractivity contribution in [2.24, 2.45) is 4.99 Å². The topological polar surface area (TPSA) is 124 Å². The van der Waals surface area contributed by atoms with Crippen LogP contribution in [0.3, 0.4) is 0 Å². The third kappa shape index (κ3) is 4.91. The Kier molecular flexibility index (Phi) is 6.91. The lowest BCUT2D eigenvalue weighted by atomic mass is 9.78. The van der Waals surface area contributed by atoms with Crippen molar-refractivity contribution >= 4 is 29.3 Å². The molecule has 180 valence electrons. The van der Waals surface area contributed by atoms with Gasteiger partial charge in [0.2, 0.25) is 0 Å². The maximum Gasteiger partial charge on any atom is 0.328 e. The van der Waals surface area contributed by atoms with Crippen LogP contribution < -0.4 is 0 Å². The van der Waals surface area contributed by atoms with Crippen molar-refractivity contribution in [3.05, 3.63) is 82.6 Å². The standard InChI is InChI=1S/C27H26N2O6/c1-16(27(34)35)28-21-14-18(17-8-3-2-4-9-17)15-23(31)24(21)22(30)12-7-13-29-25(32)19-10-5-6-11-20(19)26(29)33/h2-6,8-11,16,18,30H,7,12-15H2,1H3,(H,34,35)/b24-22+,28-21?/t16-,18+/m0/s1. The highest BCUT2D eigenvalue weighted by atomic mass is 16.4. The monoisotopic (exact) mass is 474 g/mol. The molecule has 1 fully saturated rings. The van der Waals surface area contributed by atoms with E-state index in [2.05, 4.69) is 4.99 Å². The maximum atomic E-state index is 13.1. The summed E-state index contributed by atoms with van der Waals surface area (Å²) in [5.41, 5.74) is 1.97. The van der Waals surface area contributed by atoms with Crippen LogP contribution in [0.5, 0.6) is 0 Å². The van der Waals surface area contributed by atoms with Crippen LogP contribution in [0.4, 0.5) is 0 Å². The number of aliphatic carboxylic acids is 1. The van der Waals surface area contributed by atoms with Crippen LogP contribution in [0.25, 0.3) is 0 Å². The summed E-state index contributed by atoms with van der Waals surface area (Å²) < 4.78 is 0. The molecule has 0 unspecified atom stereocenters. The van der Waals surface area contributed by atoms with Gasteiger partial charge in [-0.2, -0.15) is 0 Å². The number of carbonyl (C=O) groups is 4. The second kappa shape index (κ2) is 10.0. The molecule has 4 rings (SSSR count). The Morgan fingerprint density at radius 1 is 0.971 bits per heavy atom. The number of carboxylic acid groups (broad SMARTS) is 1. The summed E-state index contributed by atoms with van der Waals surface area (Å²) in [7, 11) is 0. The summed E-state index contributed by atoms with van der Waals surface area (Å²) in [6.07, 6.45) is 0.788. The van der Waals surface area contributed by atoms with Gasteiger partial charge in [-0.1, -0.05) is 42.5 Å². The van der Waals surface area contributed by atoms with E-state index in [0.717, 1.165) is 10.5 Å². The molecule has 1 aliphatic heterocycles. The number of ketones is 1. The number of benzene rings is 2. The molecule has 1 saturated carbocycles. The van der Waals surface area contributed by atoms with E-state index < -0.39 is 12.0 Å². The van der Waals surface area contributed by atoms with Crippen molar-refractivity contribution in [1.29, 1.82) is 0 Å². The van der Waals surface area contributed by atoms with Crippen molar-refractivity contribution in [3.8, 4) is 0 Å². The number of carbonyl (C=O) groups excluding carboxylic acids is 3. The number of Topliss-reactive ketones (excluding diaryl/α,β-unsaturated/α-hetero) is 1. The van der Waals surface area contributed by atoms with Gasteiger partial charge in [-0.15, -0.1) is 0 Å². The first-order chi connectivity index (χ1) is 16.8. The van der Waals surface area contributed by atoms with Gasteiger partial charge in [-0.25, -0.2) is 4.79 Å². The average molecular weight is 475 g/mol. The molecular formula is C27H26N2O6. The smallest absolute Gasteiger partial charge is 0.328 e. The lowest BCUT2D eigenvalue weighted by Gasteiger charge is -2.26. The van der Waals surface area contributed by atoms with Crippen LogP contribution in [0.15, 0.2) is 70.9 Å². The highest BCUT2D eigenvalue weighted by Crippen LogP contribution is 2.34. The van der Waals surface area contributed by atoms with Gasteiger partial charge < -0.3 is 10.2 Å². The predicted molar refractivity (Wildman–Crippen MR) is 129 cm³/mol. The molecule has 1 heterocycles. The highest BCUT2D eigenvalue weighted by Gasteiger charge is 2.35. The number of carboxylic acids is 1. The van der Waals surface area contributed by atoms with E-state index in [9.17, 15) is 29.4 Å². The number of imide groups is 1. The quantitative estimate of drug-likeness (QED) is 0.356. The SMILES string of the molecule is C[C@H](N=C1C[C@@H](c2ccccc2)CC(=O)/C1=C(/O)CCCN1C(=O)c2ccccc2C1=O)C(=O)O. The van der Waals surface area contributed by atoms with E-state index in [1.54, 1.807) is 24.3 Å². The van der Waals surface area contributed by atoms with Crippen LogP contribution in [-0.2, 0) is 9.59 Å². The van der Waals surface area contributed by atoms with Crippen LogP contribution in [0.2, 0.25) is 0 Å². The molecule has 0 spiro atoms. The Morgan fingerprint density at radius 3 is 2.17 bits per heavy atom. The van der Waals surface area contributed by atoms with Crippen LogP contribution in [0, 0.1) is 0 Å². The first-order valence-electron chi connectivity index (χ1n) is 11.5. The Labute approximate surface area is 202 Å². The molecule has 35 heavy (non-hydrogen) atoms. The molecular weight excluding hydrogens is 448 g/mol. The minimum Gasteiger partial charge on any atom is -0.511 e. The lowest BCUT2D eigenvalue weighted by Crippen LogP contribution is -2.31. The number of aliphatic hydroxyl groups excluding tert-OH is 1. The van der Waals surface area contributed by atoms with Crippen molar-refractivity contribution in [2.75, 3.05) is 6.54 Å². The lowest BCUT2D eigenvalue weighted by molar-refractivity contribution is -0.138. The molecule has 0 radical (unpaired) electrons. The summed E-state index contributed by atoms with van der Waals surface area (Å²) in [5.74, 6) is -2.56. The summed E-state index contributed by atoms with van der Waals surface area (Å²) in [6.45, 7) is 1.51. The summed E-state index contributed by atoms with van der Waals surface area (Å²) in [4.78, 5) is 55.0. The van der Waals surface area contributed by atoms with E-state index in [1.165, 1.54) is 6.92 Å². The largest absolute Gasteiger partial charge is 0.511 e. The van der Waals surface area contributed by atoms with Crippen molar-refractivity contribution in [3.63, 3.8) is 0 Å². The first-order valence-corrected chi connectivity index (χ1v) is 11.5. The molecule has 2 aromatic rings. The van der Waals surface area contributed by atoms with Gasteiger partial charge in [0.1, 0.15) is 11.8 Å². The van der Waals surface area contributed by atoms with Gasteiger partial charge in [-0.05, 0) is 43.4 Å². The second-order valence-electron chi connectivity index (χ2n) is 8.76. The van der Waals surface area contributed by atoms with Crippen molar-refractivity contribution in [1.82, 2.24) is 4.90 Å². The number of rotatable bonds is 7. The number of nitrogens with zero attached hydrogens (tertiary/aromatic N) is 2. The van der Waals surface area contributed by atoms with Crippen molar-refractivity contribution < 1.29 is 29.4 Å². The van der Waals surface area contributed by atoms with Gasteiger partial charge in [0.15, 0.2) is 5.78 Å². The fourth-order valence-electron chi connectivity index (χ4n) is 4.56. The number of hydrogen-bond acceptors (Lipinski definition) is 6. The van der Waals surface area contributed by atoms with Crippen LogP contribution >= 0.6 is 0 Å². The van der Waals surface area contributed by atoms with Crippen molar-refractivity contribution in [2.45, 2.75) is 44.6 Å². The fraction of sp³-hybridized carbons (Fsp3) is 0.296. The zero-order valence-corrected chi connectivity index (χ0v) is 19.3. The molecule has 2 aliphatic rings. The third-order valence-electron chi connectivity index (χ3n) is 6.38. The minimum absolute atomic E-state index is 0.0466. The fourth-order valence-corrected chi connectivity index (χ4v) is 4.56. The summed E-state index contributed by atoms with van der Waals surface area (Å²) >= 11 is 0. The van der Waals surface area contributed by atoms with Gasteiger partial charge >= 0.3 is 5.97 Å². The number of aliphatic imine (C=N–C) groups is 1. The number of hydrogen-bond donors (Lipinski definition) is 2. The maximum absolute atomic E-state index is 13.1. The van der Waals surface area contributed by atoms with Crippen LogP contribution in [0.1, 0.15) is 64.8 Å². The second-order valence-corrected chi connectivity index (χ2v) is 8.76. The third-order valence-corrected chi connectivity index (χ3v) is 6.38. The number of amides is 2. The summed E-state index contributed by atoms with van der Waals surface area (Å²) in [5, 5.41) is 20.2. The molecule has 8 heteroatoms. The molecule has 0 aromatic heterocycles. The van der Waals surface area contributed by atoms with E-state index in [-0.39, 0.29) is 66.4 Å². The highest BCUT2D eigenvalue weighted by molar-refractivity contribution is 6.25. The van der Waals surface area contributed by atoms with E-state index in [4.69, 9.17) is 0 Å². The van der Waals surface area contributed by atoms with Gasteiger partial charge in [0, 0.05) is 19.4 Å². The zero-order valence-electron chi connectivity index (χ0n) is 19.3. The normalized spacial score (nSPS) is 21.3. The van der Waals surface area contributed by atoms with Gasteiger partial charge in [0.05, 0.1) is 22.4 Å². The van der Waals surface area contributed by atoms with Gasteiger partial charge in [-0.3, -0.25) is 24.3 Å². The van der Waals surface area contributed by atoms with E-state index in [1.807, 2.05) is 30.3 Å². The predicted octanol–water partition coefficient (Wildman–Crippen LogP) is 3.94. The molecule has 2 N–H and O–H groups in total. The Bertz CT molecular complexity index is 1210. The Balaban J connectivity index is 1.52. The van der Waals surface area contributed by atoms with Crippen LogP contribution in [-0.4, -0.2) is 57.0 Å². The molecule has 2 atom stereocenters. The number of allylic oxidation sites excluding steroid dienone is 2. The Hall–Kier alpha value is -4.07. The summed E-state index contributed by atoms with van der Waals surface area (Å²) in [6, 6.07) is 15.0. The number of fused-ring (bicyclic) bond motifs is 1. The molecule has 1 aliphatic carbocycles. The average Bonchev–Trinajstić information content (AvgIpc) is 3.09. The minimum atomic E-state index is -1.13. The molecule has 0 saturated heterocycles. The van der Waals surface area contributed by atoms with E-state index in [0.29, 0.717) is 17.5 Å². The van der Waals surface area contributed by atoms with E-state index >= 15 is 0 Å². The van der Waals surface area contributed by atoms with Gasteiger partial charge in [0.25, 0.3) is 11.8 Å². The number of aliphatic hydroxyl groups is 1. The molecule has 0 bridgehead atoms. The molecule has 8 nitrogen and oxygen atoms in total. The first kappa shape index (κ1) is 24.1. The molecule has 2 amide bonds. The molecule has 2 aromatic carbocycles. The Morgan fingerprint density at radius 2 is 1.57 bits per heavy atom.